The van der Waals surface area contributed by atoms with Gasteiger partial charge in [-0.2, -0.15) is 0 Å². The first-order valence-corrected chi connectivity index (χ1v) is 7.45. The summed E-state index contributed by atoms with van der Waals surface area (Å²) in [5.74, 6) is -1.29. The second-order valence-electron chi connectivity index (χ2n) is 5.38. The van der Waals surface area contributed by atoms with Crippen LogP contribution in [-0.2, 0) is 9.59 Å². The van der Waals surface area contributed by atoms with Gasteiger partial charge >= 0.3 is 5.97 Å². The smallest absolute Gasteiger partial charge is 0.308 e. The van der Waals surface area contributed by atoms with E-state index in [-0.39, 0.29) is 5.91 Å². The molecule has 19 heavy (non-hydrogen) atoms. The topological polar surface area (TPSA) is 57.6 Å². The number of amides is 1. The summed E-state index contributed by atoms with van der Waals surface area (Å²) < 4.78 is 0. The molecule has 0 fully saturated rings. The minimum Gasteiger partial charge on any atom is -0.481 e. The van der Waals surface area contributed by atoms with Crippen LogP contribution in [0.5, 0.6) is 0 Å². The van der Waals surface area contributed by atoms with Crippen LogP contribution < -0.4 is 0 Å². The minimum absolute atomic E-state index is 0.0571. The molecule has 0 radical (unpaired) electrons. The third kappa shape index (κ3) is 9.51. The summed E-state index contributed by atoms with van der Waals surface area (Å²) in [5.41, 5.74) is 0. The second kappa shape index (κ2) is 10.8. The molecule has 0 bridgehead atoms. The number of carbonyl (C=O) groups excluding carboxylic acids is 1. The Bertz CT molecular complexity index is 266. The highest BCUT2D eigenvalue weighted by Gasteiger charge is 2.16. The van der Waals surface area contributed by atoms with Crippen molar-refractivity contribution in [3.8, 4) is 0 Å². The van der Waals surface area contributed by atoms with Gasteiger partial charge in [-0.1, -0.05) is 52.4 Å². The molecule has 0 spiro atoms. The van der Waals surface area contributed by atoms with Gasteiger partial charge in [0.25, 0.3) is 0 Å². The van der Waals surface area contributed by atoms with E-state index in [1.54, 1.807) is 14.0 Å². The second-order valence-corrected chi connectivity index (χ2v) is 5.38. The summed E-state index contributed by atoms with van der Waals surface area (Å²) in [6.45, 7) is 4.12. The van der Waals surface area contributed by atoms with Crippen molar-refractivity contribution < 1.29 is 14.7 Å². The van der Waals surface area contributed by atoms with Gasteiger partial charge in [0.1, 0.15) is 0 Å². The summed E-state index contributed by atoms with van der Waals surface area (Å²) in [7, 11) is 1.68. The van der Waals surface area contributed by atoms with Crippen molar-refractivity contribution in [2.75, 3.05) is 13.6 Å². The van der Waals surface area contributed by atoms with Crippen LogP contribution in [0.25, 0.3) is 0 Å². The minimum atomic E-state index is -0.851. The van der Waals surface area contributed by atoms with Gasteiger partial charge in [-0.25, -0.2) is 0 Å². The average molecular weight is 271 g/mol. The van der Waals surface area contributed by atoms with E-state index >= 15 is 0 Å². The molecule has 0 aromatic carbocycles. The van der Waals surface area contributed by atoms with E-state index in [1.807, 2.05) is 0 Å². The SMILES string of the molecule is CCCCCCCCCC(=O)N(C)CC(C)C(=O)O. The maximum atomic E-state index is 11.8. The van der Waals surface area contributed by atoms with Crippen molar-refractivity contribution in [1.29, 1.82) is 0 Å². The van der Waals surface area contributed by atoms with E-state index < -0.39 is 11.9 Å². The fourth-order valence-corrected chi connectivity index (χ4v) is 2.01. The Kier molecular flexibility index (Phi) is 10.2. The zero-order valence-electron chi connectivity index (χ0n) is 12.7. The van der Waals surface area contributed by atoms with Crippen molar-refractivity contribution in [2.24, 2.45) is 5.92 Å². The number of hydrogen-bond donors (Lipinski definition) is 1. The quantitative estimate of drug-likeness (QED) is 0.586. The van der Waals surface area contributed by atoms with Crippen LogP contribution in [0.3, 0.4) is 0 Å². The van der Waals surface area contributed by atoms with Gasteiger partial charge in [-0.05, 0) is 6.42 Å². The van der Waals surface area contributed by atoms with Gasteiger partial charge in [0, 0.05) is 20.0 Å². The summed E-state index contributed by atoms with van der Waals surface area (Å²) in [5, 5.41) is 8.79. The van der Waals surface area contributed by atoms with Crippen molar-refractivity contribution in [3.63, 3.8) is 0 Å². The van der Waals surface area contributed by atoms with E-state index in [0.29, 0.717) is 13.0 Å². The summed E-state index contributed by atoms with van der Waals surface area (Å²) in [4.78, 5) is 24.0. The molecule has 1 N–H and O–H groups in total. The van der Waals surface area contributed by atoms with Crippen LogP contribution in [-0.4, -0.2) is 35.5 Å². The standard InChI is InChI=1S/C15H29NO3/c1-4-5-6-7-8-9-10-11-14(17)16(3)12-13(2)15(18)19/h13H,4-12H2,1-3H3,(H,18,19). The number of aliphatic carboxylic acids is 1. The van der Waals surface area contributed by atoms with E-state index in [4.69, 9.17) is 5.11 Å². The molecule has 0 rings (SSSR count). The van der Waals surface area contributed by atoms with Crippen molar-refractivity contribution >= 4 is 11.9 Å². The molecule has 4 heteroatoms. The number of carboxylic acid groups (broad SMARTS) is 1. The molecule has 0 aliphatic carbocycles. The number of carbonyl (C=O) groups is 2. The zero-order chi connectivity index (χ0) is 14.7. The zero-order valence-corrected chi connectivity index (χ0v) is 12.7. The molecule has 0 aliphatic rings. The first-order valence-electron chi connectivity index (χ1n) is 7.45. The average Bonchev–Trinajstić information content (AvgIpc) is 2.37. The molecule has 0 aromatic heterocycles. The van der Waals surface area contributed by atoms with Crippen molar-refractivity contribution in [3.05, 3.63) is 0 Å². The van der Waals surface area contributed by atoms with Gasteiger partial charge in [-0.15, -0.1) is 0 Å². The molecule has 0 saturated carbocycles. The monoisotopic (exact) mass is 271 g/mol. The normalized spacial score (nSPS) is 12.2. The largest absolute Gasteiger partial charge is 0.481 e. The molecule has 1 amide bonds. The highest BCUT2D eigenvalue weighted by Crippen LogP contribution is 2.09. The Hall–Kier alpha value is -1.06. The van der Waals surface area contributed by atoms with Crippen LogP contribution in [0.4, 0.5) is 0 Å². The van der Waals surface area contributed by atoms with Gasteiger partial charge in [0.2, 0.25) is 5.91 Å². The van der Waals surface area contributed by atoms with Crippen LogP contribution in [0, 0.1) is 5.92 Å². The van der Waals surface area contributed by atoms with Gasteiger partial charge in [0.05, 0.1) is 5.92 Å². The number of unbranched alkanes of at least 4 members (excludes halogenated alkanes) is 6. The first kappa shape index (κ1) is 17.9. The lowest BCUT2D eigenvalue weighted by atomic mass is 10.1. The number of hydrogen-bond acceptors (Lipinski definition) is 2. The number of nitrogens with zero attached hydrogens (tertiary/aromatic N) is 1. The van der Waals surface area contributed by atoms with E-state index in [0.717, 1.165) is 12.8 Å². The molecule has 0 aromatic rings. The van der Waals surface area contributed by atoms with Gasteiger partial charge < -0.3 is 10.0 Å². The summed E-state index contributed by atoms with van der Waals surface area (Å²) >= 11 is 0. The fraction of sp³-hybridized carbons (Fsp3) is 0.867. The Morgan fingerprint density at radius 1 is 1.05 bits per heavy atom. The molecular weight excluding hydrogens is 242 g/mol. The molecular formula is C15H29NO3. The molecule has 112 valence electrons. The van der Waals surface area contributed by atoms with Crippen LogP contribution in [0.15, 0.2) is 0 Å². The predicted octanol–water partition coefficient (Wildman–Crippen LogP) is 3.31. The lowest BCUT2D eigenvalue weighted by Gasteiger charge is -2.19. The predicted molar refractivity (Wildman–Crippen MR) is 77.0 cm³/mol. The Morgan fingerprint density at radius 3 is 2.11 bits per heavy atom. The highest BCUT2D eigenvalue weighted by molar-refractivity contribution is 5.77. The van der Waals surface area contributed by atoms with E-state index in [9.17, 15) is 9.59 Å². The van der Waals surface area contributed by atoms with Gasteiger partial charge in [-0.3, -0.25) is 9.59 Å². The van der Waals surface area contributed by atoms with Crippen molar-refractivity contribution in [1.82, 2.24) is 4.90 Å². The maximum absolute atomic E-state index is 11.8. The van der Waals surface area contributed by atoms with Crippen LogP contribution >= 0.6 is 0 Å². The lowest BCUT2D eigenvalue weighted by molar-refractivity contribution is -0.142. The number of carboxylic acids is 1. The van der Waals surface area contributed by atoms with Crippen molar-refractivity contribution in [2.45, 2.75) is 65.2 Å². The third-order valence-corrected chi connectivity index (χ3v) is 3.39. The van der Waals surface area contributed by atoms with Crippen LogP contribution in [0.1, 0.15) is 65.2 Å². The molecule has 1 unspecified atom stereocenters. The summed E-state index contributed by atoms with van der Waals surface area (Å²) in [6.07, 6.45) is 8.85. The third-order valence-electron chi connectivity index (χ3n) is 3.39. The van der Waals surface area contributed by atoms with Crippen LogP contribution in [0.2, 0.25) is 0 Å². The van der Waals surface area contributed by atoms with E-state index in [2.05, 4.69) is 6.92 Å². The number of rotatable bonds is 11. The first-order chi connectivity index (χ1) is 8.99. The molecule has 4 nitrogen and oxygen atoms in total. The molecule has 0 aliphatic heterocycles. The highest BCUT2D eigenvalue weighted by atomic mass is 16.4. The molecule has 1 atom stereocenters. The van der Waals surface area contributed by atoms with E-state index in [1.165, 1.54) is 37.0 Å². The Balaban J connectivity index is 3.60. The molecule has 0 saturated heterocycles. The summed E-state index contributed by atoms with van der Waals surface area (Å²) in [6, 6.07) is 0. The Labute approximate surface area is 117 Å². The fourth-order valence-electron chi connectivity index (χ4n) is 2.01. The maximum Gasteiger partial charge on any atom is 0.308 e. The Morgan fingerprint density at radius 2 is 1.58 bits per heavy atom. The molecule has 0 heterocycles. The van der Waals surface area contributed by atoms with Gasteiger partial charge in [0.15, 0.2) is 0 Å². The lowest BCUT2D eigenvalue weighted by Crippen LogP contribution is -2.33.